The van der Waals surface area contributed by atoms with Crippen LogP contribution in [0.5, 0.6) is 5.75 Å². The van der Waals surface area contributed by atoms with Crippen LogP contribution in [0.4, 0.5) is 10.1 Å². The summed E-state index contributed by atoms with van der Waals surface area (Å²) >= 11 is 1.32. The van der Waals surface area contributed by atoms with E-state index in [1.54, 1.807) is 43.5 Å². The zero-order chi connectivity index (χ0) is 16.9. The van der Waals surface area contributed by atoms with Crippen molar-refractivity contribution in [3.05, 3.63) is 59.9 Å². The molecular formula is C17H14FN3O2S. The molecule has 24 heavy (non-hydrogen) atoms. The van der Waals surface area contributed by atoms with E-state index in [2.05, 4.69) is 10.1 Å². The summed E-state index contributed by atoms with van der Waals surface area (Å²) in [5, 5.41) is 5.94. The second-order valence-electron chi connectivity index (χ2n) is 4.88. The fourth-order valence-electron chi connectivity index (χ4n) is 1.99. The highest BCUT2D eigenvalue weighted by Gasteiger charge is 2.28. The van der Waals surface area contributed by atoms with Crippen LogP contribution in [-0.4, -0.2) is 35.2 Å². The minimum absolute atomic E-state index is 0.148. The van der Waals surface area contributed by atoms with Gasteiger partial charge >= 0.3 is 0 Å². The first-order valence-corrected chi connectivity index (χ1v) is 8.12. The van der Waals surface area contributed by atoms with E-state index in [1.165, 1.54) is 35.1 Å². The lowest BCUT2D eigenvalue weighted by atomic mass is 10.2. The van der Waals surface area contributed by atoms with E-state index in [0.29, 0.717) is 16.4 Å². The number of methoxy groups -OCH3 is 1. The Kier molecular flexibility index (Phi) is 4.90. The Hall–Kier alpha value is -2.67. The molecule has 0 radical (unpaired) electrons. The van der Waals surface area contributed by atoms with Gasteiger partial charge < -0.3 is 4.74 Å². The van der Waals surface area contributed by atoms with Crippen LogP contribution in [0.25, 0.3) is 0 Å². The minimum Gasteiger partial charge on any atom is -0.497 e. The van der Waals surface area contributed by atoms with E-state index in [9.17, 15) is 9.18 Å². The topological polar surface area (TPSA) is 54.3 Å². The standard InChI is InChI=1S/C17H14FN3O2S/c1-23-15-8-6-14(7-9-15)20-17-21(16(22)11-24-17)19-10-12-2-4-13(18)5-3-12/h2-10H,11H2,1H3/b19-10+,20-17?. The Morgan fingerprint density at radius 2 is 1.88 bits per heavy atom. The highest BCUT2D eigenvalue weighted by Crippen LogP contribution is 2.25. The molecule has 1 fully saturated rings. The molecule has 0 aliphatic carbocycles. The van der Waals surface area contributed by atoms with Crippen molar-refractivity contribution in [2.45, 2.75) is 0 Å². The summed E-state index contributed by atoms with van der Waals surface area (Å²) in [4.78, 5) is 16.4. The van der Waals surface area contributed by atoms with Gasteiger partial charge in [-0.1, -0.05) is 23.9 Å². The van der Waals surface area contributed by atoms with Crippen molar-refractivity contribution in [3.63, 3.8) is 0 Å². The van der Waals surface area contributed by atoms with Crippen LogP contribution in [0.1, 0.15) is 5.56 Å². The lowest BCUT2D eigenvalue weighted by molar-refractivity contribution is -0.124. The fourth-order valence-corrected chi connectivity index (χ4v) is 2.81. The Labute approximate surface area is 142 Å². The number of halogens is 1. The second-order valence-corrected chi connectivity index (χ2v) is 5.83. The van der Waals surface area contributed by atoms with Crippen molar-refractivity contribution >= 4 is 34.7 Å². The van der Waals surface area contributed by atoms with Gasteiger partial charge in [-0.05, 0) is 42.0 Å². The number of ether oxygens (including phenoxy) is 1. The van der Waals surface area contributed by atoms with E-state index >= 15 is 0 Å². The number of hydrogen-bond donors (Lipinski definition) is 0. The number of aliphatic imine (C=N–C) groups is 1. The Bertz CT molecular complexity index is 788. The Morgan fingerprint density at radius 3 is 2.54 bits per heavy atom. The second kappa shape index (κ2) is 7.27. The van der Waals surface area contributed by atoms with Crippen LogP contribution in [-0.2, 0) is 4.79 Å². The number of carbonyl (C=O) groups is 1. The smallest absolute Gasteiger partial charge is 0.259 e. The SMILES string of the molecule is COc1ccc(N=C2SCC(=O)N2/N=C/c2ccc(F)cc2)cc1. The molecule has 0 unspecified atom stereocenters. The van der Waals surface area contributed by atoms with Crippen molar-refractivity contribution in [2.75, 3.05) is 12.9 Å². The van der Waals surface area contributed by atoms with Crippen molar-refractivity contribution in [1.29, 1.82) is 0 Å². The number of hydrogen-bond acceptors (Lipinski definition) is 5. The number of carbonyl (C=O) groups excluding carboxylic acids is 1. The summed E-state index contributed by atoms with van der Waals surface area (Å²) in [5.41, 5.74) is 1.40. The van der Waals surface area contributed by atoms with Gasteiger partial charge in [0, 0.05) is 0 Å². The van der Waals surface area contributed by atoms with Gasteiger partial charge in [-0.2, -0.15) is 10.1 Å². The highest BCUT2D eigenvalue weighted by molar-refractivity contribution is 8.15. The first-order valence-electron chi connectivity index (χ1n) is 7.14. The maximum atomic E-state index is 12.9. The third-order valence-electron chi connectivity index (χ3n) is 3.23. The van der Waals surface area contributed by atoms with Crippen LogP contribution >= 0.6 is 11.8 Å². The molecule has 0 bridgehead atoms. The fraction of sp³-hybridized carbons (Fsp3) is 0.118. The molecular weight excluding hydrogens is 329 g/mol. The monoisotopic (exact) mass is 343 g/mol. The van der Waals surface area contributed by atoms with Gasteiger partial charge in [0.05, 0.1) is 24.8 Å². The lowest BCUT2D eigenvalue weighted by Crippen LogP contribution is -2.23. The summed E-state index contributed by atoms with van der Waals surface area (Å²) < 4.78 is 18.0. The van der Waals surface area contributed by atoms with E-state index in [0.717, 1.165) is 5.75 Å². The predicted molar refractivity (Wildman–Crippen MR) is 93.4 cm³/mol. The third kappa shape index (κ3) is 3.80. The zero-order valence-electron chi connectivity index (χ0n) is 12.8. The van der Waals surface area contributed by atoms with Crippen LogP contribution in [0.3, 0.4) is 0 Å². The molecule has 1 heterocycles. The summed E-state index contributed by atoms with van der Waals surface area (Å²) in [6, 6.07) is 13.1. The number of hydrazone groups is 1. The molecule has 1 aliphatic heterocycles. The van der Waals surface area contributed by atoms with Crippen LogP contribution < -0.4 is 4.74 Å². The summed E-state index contributed by atoms with van der Waals surface area (Å²) in [6.07, 6.45) is 1.51. The molecule has 0 spiro atoms. The average molecular weight is 343 g/mol. The van der Waals surface area contributed by atoms with Gasteiger partial charge in [0.25, 0.3) is 5.91 Å². The first kappa shape index (κ1) is 16.2. The van der Waals surface area contributed by atoms with Crippen molar-refractivity contribution in [1.82, 2.24) is 5.01 Å². The van der Waals surface area contributed by atoms with Crippen molar-refractivity contribution in [2.24, 2.45) is 10.1 Å². The molecule has 0 N–H and O–H groups in total. The molecule has 0 saturated carbocycles. The van der Waals surface area contributed by atoms with Gasteiger partial charge in [-0.3, -0.25) is 4.79 Å². The average Bonchev–Trinajstić information content (AvgIpc) is 2.95. The van der Waals surface area contributed by atoms with Crippen LogP contribution in [0.2, 0.25) is 0 Å². The number of rotatable bonds is 4. The zero-order valence-corrected chi connectivity index (χ0v) is 13.7. The van der Waals surface area contributed by atoms with E-state index in [4.69, 9.17) is 4.74 Å². The van der Waals surface area contributed by atoms with Crippen LogP contribution in [0, 0.1) is 5.82 Å². The van der Waals surface area contributed by atoms with Crippen molar-refractivity contribution in [3.8, 4) is 5.75 Å². The number of nitrogens with zero attached hydrogens (tertiary/aromatic N) is 3. The Morgan fingerprint density at radius 1 is 1.17 bits per heavy atom. The summed E-state index contributed by atoms with van der Waals surface area (Å²) in [6.45, 7) is 0. The first-order chi connectivity index (χ1) is 11.7. The van der Waals surface area contributed by atoms with Crippen LogP contribution in [0.15, 0.2) is 58.6 Å². The van der Waals surface area contributed by atoms with E-state index in [1.807, 2.05) is 0 Å². The quantitative estimate of drug-likeness (QED) is 0.799. The van der Waals surface area contributed by atoms with Crippen molar-refractivity contribution < 1.29 is 13.9 Å². The molecule has 7 heteroatoms. The minimum atomic E-state index is -0.318. The number of amides is 1. The highest BCUT2D eigenvalue weighted by atomic mass is 32.2. The molecule has 0 aromatic heterocycles. The maximum Gasteiger partial charge on any atom is 0.259 e. The molecule has 2 aromatic carbocycles. The number of benzene rings is 2. The summed E-state index contributed by atoms with van der Waals surface area (Å²) in [7, 11) is 1.60. The molecule has 122 valence electrons. The van der Waals surface area contributed by atoms with E-state index < -0.39 is 0 Å². The maximum absolute atomic E-state index is 12.9. The summed E-state index contributed by atoms with van der Waals surface area (Å²) in [5.74, 6) is 0.558. The van der Waals surface area contributed by atoms with Gasteiger partial charge in [0.2, 0.25) is 0 Å². The molecule has 5 nitrogen and oxygen atoms in total. The molecule has 1 aliphatic rings. The molecule has 1 saturated heterocycles. The predicted octanol–water partition coefficient (Wildman–Crippen LogP) is 3.43. The Balaban J connectivity index is 1.80. The molecule has 1 amide bonds. The largest absolute Gasteiger partial charge is 0.497 e. The molecule has 0 atom stereocenters. The lowest BCUT2D eigenvalue weighted by Gasteiger charge is -2.09. The third-order valence-corrected chi connectivity index (χ3v) is 4.15. The van der Waals surface area contributed by atoms with E-state index in [-0.39, 0.29) is 17.5 Å². The van der Waals surface area contributed by atoms with Gasteiger partial charge in [-0.25, -0.2) is 9.38 Å². The molecule has 2 aromatic rings. The van der Waals surface area contributed by atoms with Gasteiger partial charge in [0.15, 0.2) is 5.17 Å². The number of amidine groups is 1. The number of thioether (sulfide) groups is 1. The van der Waals surface area contributed by atoms with Gasteiger partial charge in [0.1, 0.15) is 11.6 Å². The molecule has 3 rings (SSSR count). The normalized spacial score (nSPS) is 16.3. The van der Waals surface area contributed by atoms with Gasteiger partial charge in [-0.15, -0.1) is 0 Å².